The third-order valence-electron chi connectivity index (χ3n) is 1.93. The number of hydroxylamine groups is 2. The second-order valence-corrected chi connectivity index (χ2v) is 3.26. The molecule has 1 aromatic carbocycles. The zero-order valence-corrected chi connectivity index (χ0v) is 9.07. The molecule has 0 unspecified atom stereocenters. The summed E-state index contributed by atoms with van der Waals surface area (Å²) in [6.45, 7) is 0. The second kappa shape index (κ2) is 6.49. The summed E-state index contributed by atoms with van der Waals surface area (Å²) in [6.07, 6.45) is 0.935. The summed E-state index contributed by atoms with van der Waals surface area (Å²) in [4.78, 5) is 25.4. The van der Waals surface area contributed by atoms with Crippen LogP contribution in [-0.4, -0.2) is 22.4 Å². The highest BCUT2D eigenvalue weighted by molar-refractivity contribution is 5.77. The van der Waals surface area contributed by atoms with E-state index in [0.29, 0.717) is 6.42 Å². The van der Waals surface area contributed by atoms with Gasteiger partial charge in [-0.05, 0) is 23.6 Å². The van der Waals surface area contributed by atoms with E-state index in [0.717, 1.165) is 5.56 Å². The summed E-state index contributed by atoms with van der Waals surface area (Å²) in [5.41, 5.74) is 5.67. The maximum Gasteiger partial charge on any atom is 0.431 e. The van der Waals surface area contributed by atoms with Crippen molar-refractivity contribution in [1.29, 1.82) is 0 Å². The lowest BCUT2D eigenvalue weighted by Crippen LogP contribution is -2.32. The molecule has 1 radical (unpaired) electrons. The molecule has 0 aliphatic carbocycles. The summed E-state index contributed by atoms with van der Waals surface area (Å²) in [7, 11) is 0. The highest BCUT2D eigenvalue weighted by Gasteiger charge is 2.14. The standard InChI is InChI=1S/C11H13N2O4/c12-11(15)17-13(16)10(14)8-4-7-9-5-2-1-3-6-9/h1-6,16H,7-8H2,(H2,12,15). The van der Waals surface area contributed by atoms with Crippen LogP contribution in [0.25, 0.3) is 0 Å². The molecule has 0 bridgehead atoms. The first-order valence-electron chi connectivity index (χ1n) is 4.94. The number of hydrogen-bond donors (Lipinski definition) is 2. The van der Waals surface area contributed by atoms with Crippen LogP contribution in [0.4, 0.5) is 4.79 Å². The van der Waals surface area contributed by atoms with E-state index < -0.39 is 12.0 Å². The van der Waals surface area contributed by atoms with E-state index in [1.165, 1.54) is 0 Å². The van der Waals surface area contributed by atoms with Crippen molar-refractivity contribution in [2.45, 2.75) is 12.8 Å². The number of rotatable bonds is 4. The Kier molecular flexibility index (Phi) is 4.96. The molecule has 0 heterocycles. The molecule has 3 N–H and O–H groups in total. The Morgan fingerprint density at radius 1 is 1.35 bits per heavy atom. The van der Waals surface area contributed by atoms with Crippen LogP contribution in [0.5, 0.6) is 0 Å². The predicted octanol–water partition coefficient (Wildman–Crippen LogP) is 1.05. The molecule has 1 rings (SSSR count). The fourth-order valence-electron chi connectivity index (χ4n) is 1.19. The molecule has 0 saturated heterocycles. The highest BCUT2D eigenvalue weighted by atomic mass is 16.9. The number of hydrogen-bond acceptors (Lipinski definition) is 4. The van der Waals surface area contributed by atoms with Gasteiger partial charge in [0.05, 0.1) is 0 Å². The minimum absolute atomic E-state index is 0.0569. The first-order chi connectivity index (χ1) is 8.09. The van der Waals surface area contributed by atoms with Gasteiger partial charge in [0.25, 0.3) is 5.91 Å². The molecule has 0 saturated carbocycles. The van der Waals surface area contributed by atoms with Gasteiger partial charge in [0, 0.05) is 6.42 Å². The Morgan fingerprint density at radius 3 is 2.59 bits per heavy atom. The van der Waals surface area contributed by atoms with Gasteiger partial charge in [-0.25, -0.2) is 4.79 Å². The first-order valence-corrected chi connectivity index (χ1v) is 4.94. The third kappa shape index (κ3) is 4.98. The van der Waals surface area contributed by atoms with Crippen LogP contribution in [0.15, 0.2) is 30.3 Å². The van der Waals surface area contributed by atoms with Crippen molar-refractivity contribution in [3.05, 3.63) is 42.3 Å². The lowest BCUT2D eigenvalue weighted by molar-refractivity contribution is -0.279. The van der Waals surface area contributed by atoms with E-state index in [9.17, 15) is 9.59 Å². The molecule has 91 valence electrons. The molecule has 0 aliphatic heterocycles. The molecule has 6 heteroatoms. The summed E-state index contributed by atoms with van der Waals surface area (Å²) < 4.78 is 0. The van der Waals surface area contributed by atoms with Gasteiger partial charge in [-0.1, -0.05) is 30.3 Å². The minimum Gasteiger partial charge on any atom is -0.333 e. The average molecular weight is 237 g/mol. The van der Waals surface area contributed by atoms with E-state index >= 15 is 0 Å². The molecule has 17 heavy (non-hydrogen) atoms. The third-order valence-corrected chi connectivity index (χ3v) is 1.93. The number of carbonyl (C=O) groups excluding carboxylic acids is 2. The van der Waals surface area contributed by atoms with E-state index in [2.05, 4.69) is 10.6 Å². The van der Waals surface area contributed by atoms with Crippen molar-refractivity contribution in [3.8, 4) is 0 Å². The molecule has 0 atom stereocenters. The Morgan fingerprint density at radius 2 is 2.00 bits per heavy atom. The fourth-order valence-corrected chi connectivity index (χ4v) is 1.19. The molecule has 0 aliphatic rings. The van der Waals surface area contributed by atoms with Gasteiger partial charge >= 0.3 is 6.09 Å². The van der Waals surface area contributed by atoms with Gasteiger partial charge in [0.1, 0.15) is 0 Å². The second-order valence-electron chi connectivity index (χ2n) is 3.26. The van der Waals surface area contributed by atoms with Crippen LogP contribution in [0, 0.1) is 6.42 Å². The number of nitrogens with zero attached hydrogens (tertiary/aromatic N) is 1. The molecule has 1 aromatic rings. The van der Waals surface area contributed by atoms with Crippen LogP contribution < -0.4 is 5.73 Å². The topological polar surface area (TPSA) is 92.9 Å². The van der Waals surface area contributed by atoms with E-state index in [-0.39, 0.29) is 11.6 Å². The van der Waals surface area contributed by atoms with Crippen LogP contribution >= 0.6 is 0 Å². The van der Waals surface area contributed by atoms with Crippen molar-refractivity contribution in [3.63, 3.8) is 0 Å². The summed E-state index contributed by atoms with van der Waals surface area (Å²) >= 11 is 0. The lowest BCUT2D eigenvalue weighted by Gasteiger charge is -2.11. The van der Waals surface area contributed by atoms with E-state index in [1.807, 2.05) is 30.3 Å². The number of amides is 2. The van der Waals surface area contributed by atoms with Gasteiger partial charge in [0.2, 0.25) is 0 Å². The number of benzene rings is 1. The van der Waals surface area contributed by atoms with Crippen molar-refractivity contribution in [2.24, 2.45) is 5.73 Å². The molecule has 0 aromatic heterocycles. The van der Waals surface area contributed by atoms with Crippen molar-refractivity contribution < 1.29 is 19.6 Å². The molecule has 0 spiro atoms. The predicted molar refractivity (Wildman–Crippen MR) is 58.4 cm³/mol. The fraction of sp³-hybridized carbons (Fsp3) is 0.182. The lowest BCUT2D eigenvalue weighted by atomic mass is 10.1. The van der Waals surface area contributed by atoms with Crippen LogP contribution in [0.1, 0.15) is 12.0 Å². The Labute approximate surface area is 98.5 Å². The van der Waals surface area contributed by atoms with Gasteiger partial charge in [-0.3, -0.25) is 14.8 Å². The number of nitrogens with two attached hydrogens (primary N) is 1. The van der Waals surface area contributed by atoms with Crippen LogP contribution in [0.2, 0.25) is 0 Å². The number of primary amides is 1. The minimum atomic E-state index is -1.25. The Bertz CT molecular complexity index is 380. The van der Waals surface area contributed by atoms with Crippen molar-refractivity contribution in [2.75, 3.05) is 0 Å². The smallest absolute Gasteiger partial charge is 0.333 e. The van der Waals surface area contributed by atoms with Gasteiger partial charge in [0.15, 0.2) is 0 Å². The highest BCUT2D eigenvalue weighted by Crippen LogP contribution is 2.04. The van der Waals surface area contributed by atoms with Crippen molar-refractivity contribution >= 4 is 12.0 Å². The normalized spacial score (nSPS) is 9.71. The zero-order chi connectivity index (χ0) is 12.7. The molecule has 6 nitrogen and oxygen atoms in total. The Balaban J connectivity index is 2.27. The van der Waals surface area contributed by atoms with Gasteiger partial charge in [-0.2, -0.15) is 0 Å². The molecular weight excluding hydrogens is 224 g/mol. The molecular formula is C11H13N2O4. The summed E-state index contributed by atoms with van der Waals surface area (Å²) in [6, 6.07) is 9.50. The maximum atomic E-state index is 11.2. The van der Waals surface area contributed by atoms with E-state index in [4.69, 9.17) is 5.21 Å². The number of carbonyl (C=O) groups is 2. The van der Waals surface area contributed by atoms with Gasteiger partial charge < -0.3 is 5.73 Å². The zero-order valence-electron chi connectivity index (χ0n) is 9.07. The van der Waals surface area contributed by atoms with Crippen molar-refractivity contribution in [1.82, 2.24) is 5.23 Å². The molecule has 2 amide bonds. The van der Waals surface area contributed by atoms with E-state index in [1.54, 1.807) is 6.42 Å². The summed E-state index contributed by atoms with van der Waals surface area (Å²) in [5.74, 6) is -0.764. The van der Waals surface area contributed by atoms with Crippen LogP contribution in [0.3, 0.4) is 0 Å². The average Bonchev–Trinajstić information content (AvgIpc) is 2.29. The quantitative estimate of drug-likeness (QED) is 0.604. The molecule has 0 fully saturated rings. The SMILES string of the molecule is NC(=O)ON(O)C(=O)C[CH]Cc1ccccc1. The largest absolute Gasteiger partial charge is 0.431 e. The summed E-state index contributed by atoms with van der Waals surface area (Å²) in [5, 5.41) is 8.76. The first kappa shape index (κ1) is 13.0. The van der Waals surface area contributed by atoms with Gasteiger partial charge in [-0.15, -0.1) is 0 Å². The monoisotopic (exact) mass is 237 g/mol. The van der Waals surface area contributed by atoms with Crippen LogP contribution in [-0.2, 0) is 16.1 Å². The Hall–Kier alpha value is -2.08. The maximum absolute atomic E-state index is 11.2.